The highest BCUT2D eigenvalue weighted by atomic mass is 14.9. The molecule has 0 aromatic carbocycles. The first kappa shape index (κ1) is 8.42. The van der Waals surface area contributed by atoms with E-state index in [9.17, 15) is 0 Å². The molecular formula is C11H14N2. The number of pyridine rings is 1. The highest BCUT2D eigenvalue weighted by molar-refractivity contribution is 5.70. The molecule has 0 radical (unpaired) electrons. The van der Waals surface area contributed by atoms with Crippen molar-refractivity contribution in [2.24, 2.45) is 4.99 Å². The van der Waals surface area contributed by atoms with Crippen LogP contribution in [0.3, 0.4) is 0 Å². The minimum absolute atomic E-state index is 0.285. The van der Waals surface area contributed by atoms with Gasteiger partial charge in [-0.1, -0.05) is 19.9 Å². The number of fused-ring (bicyclic) bond motifs is 1. The fourth-order valence-electron chi connectivity index (χ4n) is 1.78. The molecule has 2 heterocycles. The summed E-state index contributed by atoms with van der Waals surface area (Å²) in [4.78, 5) is 8.89. The zero-order chi connectivity index (χ0) is 9.26. The van der Waals surface area contributed by atoms with Crippen LogP contribution in [0.1, 0.15) is 43.5 Å². The Morgan fingerprint density at radius 1 is 1.46 bits per heavy atom. The van der Waals surface area contributed by atoms with Gasteiger partial charge in [0.1, 0.15) is 0 Å². The van der Waals surface area contributed by atoms with Crippen molar-refractivity contribution in [3.63, 3.8) is 0 Å². The lowest BCUT2D eigenvalue weighted by molar-refractivity contribution is 0.649. The molecule has 0 amide bonds. The second kappa shape index (κ2) is 3.29. The summed E-state index contributed by atoms with van der Waals surface area (Å²) in [6.07, 6.45) is 4.93. The van der Waals surface area contributed by atoms with Gasteiger partial charge in [0.2, 0.25) is 0 Å². The lowest BCUT2D eigenvalue weighted by Gasteiger charge is -2.21. The standard InChI is InChI=1S/C11H14N2/c1-3-10-11-9(5-4-6-12-11)8(2)7-13-10/h4-8,10H,3H2,1-2H3. The number of hydrogen-bond donors (Lipinski definition) is 0. The van der Waals surface area contributed by atoms with Crippen LogP contribution >= 0.6 is 0 Å². The average molecular weight is 174 g/mol. The summed E-state index contributed by atoms with van der Waals surface area (Å²) < 4.78 is 0. The van der Waals surface area contributed by atoms with Crippen molar-refractivity contribution >= 4 is 6.21 Å². The Kier molecular flexibility index (Phi) is 2.13. The van der Waals surface area contributed by atoms with E-state index in [4.69, 9.17) is 0 Å². The molecule has 13 heavy (non-hydrogen) atoms. The fourth-order valence-corrected chi connectivity index (χ4v) is 1.78. The molecule has 2 atom stereocenters. The molecule has 0 bridgehead atoms. The second-order valence-corrected chi connectivity index (χ2v) is 3.49. The predicted molar refractivity (Wildman–Crippen MR) is 54.2 cm³/mol. The predicted octanol–water partition coefficient (Wildman–Crippen LogP) is 2.72. The maximum Gasteiger partial charge on any atom is 0.0916 e. The van der Waals surface area contributed by atoms with Crippen LogP contribution in [-0.4, -0.2) is 11.2 Å². The summed E-state index contributed by atoms with van der Waals surface area (Å²) in [7, 11) is 0. The van der Waals surface area contributed by atoms with Crippen LogP contribution in [0.25, 0.3) is 0 Å². The van der Waals surface area contributed by atoms with Gasteiger partial charge in [-0.3, -0.25) is 9.98 Å². The van der Waals surface area contributed by atoms with E-state index in [2.05, 4.69) is 29.9 Å². The molecule has 2 rings (SSSR count). The van der Waals surface area contributed by atoms with Crippen LogP contribution in [-0.2, 0) is 0 Å². The average Bonchev–Trinajstić information content (AvgIpc) is 2.19. The maximum atomic E-state index is 4.48. The molecule has 1 aliphatic heterocycles. The Morgan fingerprint density at radius 2 is 2.31 bits per heavy atom. The number of rotatable bonds is 1. The van der Waals surface area contributed by atoms with Crippen LogP contribution in [0.15, 0.2) is 23.3 Å². The summed E-state index contributed by atoms with van der Waals surface area (Å²) >= 11 is 0. The molecule has 2 heteroatoms. The molecule has 0 spiro atoms. The van der Waals surface area contributed by atoms with E-state index in [1.807, 2.05) is 18.5 Å². The number of aromatic nitrogens is 1. The van der Waals surface area contributed by atoms with Gasteiger partial charge in [0, 0.05) is 18.3 Å². The lowest BCUT2D eigenvalue weighted by Crippen LogP contribution is -2.12. The molecule has 2 nitrogen and oxygen atoms in total. The Morgan fingerprint density at radius 3 is 3.08 bits per heavy atom. The Hall–Kier alpha value is -1.18. The first-order valence-corrected chi connectivity index (χ1v) is 4.81. The molecule has 0 fully saturated rings. The lowest BCUT2D eigenvalue weighted by atomic mass is 9.93. The van der Waals surface area contributed by atoms with Crippen molar-refractivity contribution in [2.75, 3.05) is 0 Å². The molecular weight excluding hydrogens is 160 g/mol. The first-order valence-electron chi connectivity index (χ1n) is 4.81. The van der Waals surface area contributed by atoms with Crippen LogP contribution in [0.2, 0.25) is 0 Å². The van der Waals surface area contributed by atoms with Crippen molar-refractivity contribution in [3.8, 4) is 0 Å². The summed E-state index contributed by atoms with van der Waals surface area (Å²) in [5, 5.41) is 0. The largest absolute Gasteiger partial charge is 0.287 e. The second-order valence-electron chi connectivity index (χ2n) is 3.49. The van der Waals surface area contributed by atoms with Crippen LogP contribution in [0.5, 0.6) is 0 Å². The van der Waals surface area contributed by atoms with Crippen molar-refractivity contribution in [2.45, 2.75) is 32.2 Å². The van der Waals surface area contributed by atoms with Crippen molar-refractivity contribution in [1.82, 2.24) is 4.98 Å². The van der Waals surface area contributed by atoms with Gasteiger partial charge in [0.25, 0.3) is 0 Å². The quantitative estimate of drug-likeness (QED) is 0.642. The highest BCUT2D eigenvalue weighted by Crippen LogP contribution is 2.30. The molecule has 0 saturated carbocycles. The van der Waals surface area contributed by atoms with Crippen molar-refractivity contribution in [1.29, 1.82) is 0 Å². The van der Waals surface area contributed by atoms with Gasteiger partial charge in [-0.2, -0.15) is 0 Å². The SMILES string of the molecule is CCC1N=CC(C)c2cccnc21. The molecule has 1 aromatic heterocycles. The third-order valence-corrected chi connectivity index (χ3v) is 2.55. The normalized spacial score (nSPS) is 25.7. The summed E-state index contributed by atoms with van der Waals surface area (Å²) in [6, 6.07) is 4.44. The minimum atomic E-state index is 0.285. The highest BCUT2D eigenvalue weighted by Gasteiger charge is 2.20. The van der Waals surface area contributed by atoms with E-state index in [0.717, 1.165) is 6.42 Å². The topological polar surface area (TPSA) is 25.2 Å². The summed E-state index contributed by atoms with van der Waals surface area (Å²) in [6.45, 7) is 4.31. The molecule has 2 unspecified atom stereocenters. The van der Waals surface area contributed by atoms with Crippen LogP contribution in [0, 0.1) is 0 Å². The van der Waals surface area contributed by atoms with Gasteiger partial charge in [-0.05, 0) is 18.1 Å². The molecule has 1 aliphatic rings. The maximum absolute atomic E-state index is 4.48. The Bertz CT molecular complexity index is 331. The van der Waals surface area contributed by atoms with E-state index in [0.29, 0.717) is 5.92 Å². The van der Waals surface area contributed by atoms with Crippen molar-refractivity contribution < 1.29 is 0 Å². The number of aliphatic imine (C=N–C) groups is 1. The van der Waals surface area contributed by atoms with Gasteiger partial charge in [0.15, 0.2) is 0 Å². The smallest absolute Gasteiger partial charge is 0.0916 e. The molecule has 0 N–H and O–H groups in total. The van der Waals surface area contributed by atoms with Gasteiger partial charge in [-0.25, -0.2) is 0 Å². The zero-order valence-electron chi connectivity index (χ0n) is 8.07. The van der Waals surface area contributed by atoms with E-state index >= 15 is 0 Å². The van der Waals surface area contributed by atoms with Gasteiger partial charge in [-0.15, -0.1) is 0 Å². The van der Waals surface area contributed by atoms with Crippen LogP contribution in [0.4, 0.5) is 0 Å². The summed E-state index contributed by atoms with van der Waals surface area (Å²) in [5.41, 5.74) is 2.50. The third kappa shape index (κ3) is 1.37. The first-order chi connectivity index (χ1) is 6.33. The zero-order valence-corrected chi connectivity index (χ0v) is 8.07. The molecule has 1 aromatic rings. The molecule has 0 aliphatic carbocycles. The number of nitrogens with zero attached hydrogens (tertiary/aromatic N) is 2. The van der Waals surface area contributed by atoms with Crippen molar-refractivity contribution in [3.05, 3.63) is 29.6 Å². The number of hydrogen-bond acceptors (Lipinski definition) is 2. The van der Waals surface area contributed by atoms with Crippen LogP contribution < -0.4 is 0 Å². The summed E-state index contributed by atoms with van der Waals surface area (Å²) in [5.74, 6) is 0.423. The van der Waals surface area contributed by atoms with E-state index in [-0.39, 0.29) is 6.04 Å². The molecule has 0 saturated heterocycles. The van der Waals surface area contributed by atoms with E-state index < -0.39 is 0 Å². The minimum Gasteiger partial charge on any atom is -0.287 e. The Balaban J connectivity index is 2.48. The van der Waals surface area contributed by atoms with E-state index in [1.165, 1.54) is 11.3 Å². The van der Waals surface area contributed by atoms with E-state index in [1.54, 1.807) is 0 Å². The third-order valence-electron chi connectivity index (χ3n) is 2.55. The molecule has 68 valence electrons. The fraction of sp³-hybridized carbons (Fsp3) is 0.455. The van der Waals surface area contributed by atoms with Gasteiger partial charge < -0.3 is 0 Å². The monoisotopic (exact) mass is 174 g/mol. The van der Waals surface area contributed by atoms with Gasteiger partial charge in [0.05, 0.1) is 11.7 Å². The Labute approximate surface area is 78.7 Å². The van der Waals surface area contributed by atoms with Gasteiger partial charge >= 0.3 is 0 Å².